The second-order valence-electron chi connectivity index (χ2n) is 6.53. The molecule has 0 fully saturated rings. The lowest BCUT2D eigenvalue weighted by atomic mass is 9.92. The Bertz CT molecular complexity index is 773. The van der Waals surface area contributed by atoms with Crippen LogP contribution in [0.2, 0.25) is 0 Å². The fourth-order valence-corrected chi connectivity index (χ4v) is 3.58. The van der Waals surface area contributed by atoms with Crippen LogP contribution in [-0.4, -0.2) is 40.4 Å². The summed E-state index contributed by atoms with van der Waals surface area (Å²) in [5.74, 6) is 2.41. The molecule has 1 aromatic carbocycles. The van der Waals surface area contributed by atoms with Crippen LogP contribution in [0.5, 0.6) is 5.75 Å². The lowest BCUT2D eigenvalue weighted by Gasteiger charge is -2.29. The molecule has 2 aliphatic heterocycles. The van der Waals surface area contributed by atoms with Crippen LogP contribution in [0.4, 0.5) is 0 Å². The number of amides is 1. The summed E-state index contributed by atoms with van der Waals surface area (Å²) < 4.78 is 12.6. The van der Waals surface area contributed by atoms with Crippen molar-refractivity contribution < 1.29 is 14.3 Å². The number of aryl methyl sites for hydroxylation is 1. The highest BCUT2D eigenvalue weighted by atomic mass is 16.5. The van der Waals surface area contributed by atoms with E-state index in [1.54, 1.807) is 7.11 Å². The Morgan fingerprint density at radius 1 is 1.40 bits per heavy atom. The molecule has 2 aromatic rings. The van der Waals surface area contributed by atoms with E-state index < -0.39 is 0 Å². The molecule has 2 atom stereocenters. The van der Waals surface area contributed by atoms with Gasteiger partial charge in [-0.15, -0.1) is 0 Å². The first-order valence-electron chi connectivity index (χ1n) is 8.68. The fourth-order valence-electron chi connectivity index (χ4n) is 3.58. The van der Waals surface area contributed by atoms with Crippen molar-refractivity contribution in [3.63, 3.8) is 0 Å². The minimum absolute atomic E-state index is 0.0708. The third kappa shape index (κ3) is 3.24. The lowest BCUT2D eigenvalue weighted by molar-refractivity contribution is -0.124. The first-order valence-corrected chi connectivity index (χ1v) is 8.68. The molecule has 0 spiro atoms. The van der Waals surface area contributed by atoms with Gasteiger partial charge in [-0.25, -0.2) is 9.67 Å². The molecule has 0 radical (unpaired) electrons. The molecule has 7 heteroatoms. The van der Waals surface area contributed by atoms with Crippen LogP contribution in [0.1, 0.15) is 36.0 Å². The van der Waals surface area contributed by atoms with Crippen molar-refractivity contribution in [2.75, 3.05) is 13.7 Å². The smallest absolute Gasteiger partial charge is 0.228 e. The van der Waals surface area contributed by atoms with Gasteiger partial charge in [0.05, 0.1) is 19.1 Å². The normalized spacial score (nSPS) is 21.8. The molecule has 7 nitrogen and oxygen atoms in total. The molecular weight excluding hydrogens is 320 g/mol. The number of methoxy groups -OCH3 is 1. The Labute approximate surface area is 146 Å². The van der Waals surface area contributed by atoms with Crippen molar-refractivity contribution in [1.82, 2.24) is 20.1 Å². The maximum atomic E-state index is 12.8. The summed E-state index contributed by atoms with van der Waals surface area (Å²) in [7, 11) is 1.63. The number of ether oxygens (including phenoxy) is 2. The molecule has 2 unspecified atom stereocenters. The molecule has 25 heavy (non-hydrogen) atoms. The molecule has 0 aliphatic carbocycles. The Hall–Kier alpha value is -2.41. The van der Waals surface area contributed by atoms with Gasteiger partial charge in [0.2, 0.25) is 5.91 Å². The number of hydrogen-bond acceptors (Lipinski definition) is 5. The van der Waals surface area contributed by atoms with Crippen molar-refractivity contribution in [3.05, 3.63) is 41.5 Å². The topological polar surface area (TPSA) is 78.3 Å². The number of fused-ring (bicyclic) bond motifs is 2. The van der Waals surface area contributed by atoms with Gasteiger partial charge >= 0.3 is 0 Å². The molecular formula is C18H22N4O3. The van der Waals surface area contributed by atoms with E-state index in [1.807, 2.05) is 28.9 Å². The summed E-state index contributed by atoms with van der Waals surface area (Å²) in [6, 6.07) is 7.87. The summed E-state index contributed by atoms with van der Waals surface area (Å²) in [5.41, 5.74) is 0.978. The van der Waals surface area contributed by atoms with E-state index in [0.717, 1.165) is 30.0 Å². The van der Waals surface area contributed by atoms with E-state index in [9.17, 15) is 4.79 Å². The third-order valence-electron chi connectivity index (χ3n) is 4.80. The zero-order valence-corrected chi connectivity index (χ0v) is 14.3. The van der Waals surface area contributed by atoms with Gasteiger partial charge in [0.1, 0.15) is 18.2 Å². The zero-order chi connectivity index (χ0) is 17.2. The SMILES string of the molecule is COCc1nc2n(n1)CC(NC(=O)C1CCOc3ccccc31)CC2. The van der Waals surface area contributed by atoms with Gasteiger partial charge in [-0.05, 0) is 18.9 Å². The highest BCUT2D eigenvalue weighted by molar-refractivity contribution is 5.85. The molecule has 1 N–H and O–H groups in total. The number of nitrogens with one attached hydrogen (secondary N) is 1. The van der Waals surface area contributed by atoms with E-state index >= 15 is 0 Å². The number of para-hydroxylation sites is 1. The van der Waals surface area contributed by atoms with Crippen LogP contribution >= 0.6 is 0 Å². The molecule has 3 heterocycles. The number of benzene rings is 1. The monoisotopic (exact) mass is 342 g/mol. The standard InChI is InChI=1S/C18H22N4O3/c1-24-11-16-20-17-7-6-12(10-22(17)21-16)19-18(23)14-8-9-25-15-5-3-2-4-13(14)15/h2-5,12,14H,6-11H2,1H3,(H,19,23). The highest BCUT2D eigenvalue weighted by Crippen LogP contribution is 2.33. The van der Waals surface area contributed by atoms with Crippen LogP contribution in [0.15, 0.2) is 24.3 Å². The quantitative estimate of drug-likeness (QED) is 0.909. The Balaban J connectivity index is 1.44. The minimum atomic E-state index is -0.147. The van der Waals surface area contributed by atoms with E-state index in [-0.39, 0.29) is 17.9 Å². The predicted octanol–water partition coefficient (Wildman–Crippen LogP) is 1.42. The summed E-state index contributed by atoms with van der Waals surface area (Å²) in [6.45, 7) is 1.64. The number of nitrogens with zero attached hydrogens (tertiary/aromatic N) is 3. The fraction of sp³-hybridized carbons (Fsp3) is 0.500. The molecule has 0 saturated heterocycles. The summed E-state index contributed by atoms with van der Waals surface area (Å²) in [6.07, 6.45) is 2.40. The van der Waals surface area contributed by atoms with Crippen molar-refractivity contribution in [3.8, 4) is 5.75 Å². The van der Waals surface area contributed by atoms with Crippen LogP contribution in [0.3, 0.4) is 0 Å². The van der Waals surface area contributed by atoms with Crippen molar-refractivity contribution in [2.24, 2.45) is 0 Å². The lowest BCUT2D eigenvalue weighted by Crippen LogP contribution is -2.44. The van der Waals surface area contributed by atoms with Crippen LogP contribution in [-0.2, 0) is 29.1 Å². The van der Waals surface area contributed by atoms with Gasteiger partial charge in [-0.2, -0.15) is 5.10 Å². The highest BCUT2D eigenvalue weighted by Gasteiger charge is 2.30. The van der Waals surface area contributed by atoms with Gasteiger partial charge < -0.3 is 14.8 Å². The van der Waals surface area contributed by atoms with E-state index in [2.05, 4.69) is 15.4 Å². The molecule has 2 aliphatic rings. The number of carbonyl (C=O) groups excluding carboxylic acids is 1. The molecule has 1 aromatic heterocycles. The molecule has 4 rings (SSSR count). The second kappa shape index (κ2) is 6.84. The summed E-state index contributed by atoms with van der Waals surface area (Å²) in [5, 5.41) is 7.65. The number of carbonyl (C=O) groups is 1. The average molecular weight is 342 g/mol. The number of aromatic nitrogens is 3. The van der Waals surface area contributed by atoms with Crippen LogP contribution in [0.25, 0.3) is 0 Å². The van der Waals surface area contributed by atoms with E-state index in [1.165, 1.54) is 0 Å². The molecule has 1 amide bonds. The predicted molar refractivity (Wildman–Crippen MR) is 90.3 cm³/mol. The largest absolute Gasteiger partial charge is 0.493 e. The van der Waals surface area contributed by atoms with Crippen molar-refractivity contribution in [1.29, 1.82) is 0 Å². The Kier molecular flexibility index (Phi) is 4.40. The van der Waals surface area contributed by atoms with Gasteiger partial charge in [0, 0.05) is 25.1 Å². The molecule has 132 valence electrons. The maximum Gasteiger partial charge on any atom is 0.228 e. The minimum Gasteiger partial charge on any atom is -0.493 e. The van der Waals surface area contributed by atoms with Crippen LogP contribution in [0, 0.1) is 0 Å². The van der Waals surface area contributed by atoms with Crippen molar-refractivity contribution >= 4 is 5.91 Å². The van der Waals surface area contributed by atoms with Gasteiger partial charge in [-0.1, -0.05) is 18.2 Å². The Morgan fingerprint density at radius 3 is 3.16 bits per heavy atom. The van der Waals surface area contributed by atoms with Gasteiger partial charge in [0.25, 0.3) is 0 Å². The average Bonchev–Trinajstić information content (AvgIpc) is 3.03. The first-order chi connectivity index (χ1) is 12.2. The van der Waals surface area contributed by atoms with E-state index in [4.69, 9.17) is 9.47 Å². The van der Waals surface area contributed by atoms with Crippen LogP contribution < -0.4 is 10.1 Å². The summed E-state index contributed by atoms with van der Waals surface area (Å²) >= 11 is 0. The second-order valence-corrected chi connectivity index (χ2v) is 6.53. The van der Waals surface area contributed by atoms with E-state index in [0.29, 0.717) is 32.0 Å². The van der Waals surface area contributed by atoms with Crippen molar-refractivity contribution in [2.45, 2.75) is 44.4 Å². The summed E-state index contributed by atoms with van der Waals surface area (Å²) in [4.78, 5) is 17.3. The molecule has 0 bridgehead atoms. The zero-order valence-electron chi connectivity index (χ0n) is 14.3. The van der Waals surface area contributed by atoms with Gasteiger partial charge in [0.15, 0.2) is 5.82 Å². The Morgan fingerprint density at radius 2 is 2.28 bits per heavy atom. The van der Waals surface area contributed by atoms with Gasteiger partial charge in [-0.3, -0.25) is 4.79 Å². The maximum absolute atomic E-state index is 12.8. The number of rotatable bonds is 4. The first kappa shape index (κ1) is 16.1. The number of hydrogen-bond donors (Lipinski definition) is 1. The third-order valence-corrected chi connectivity index (χ3v) is 4.80. The molecule has 0 saturated carbocycles.